The summed E-state index contributed by atoms with van der Waals surface area (Å²) < 4.78 is 0. The number of amides is 1. The molecule has 0 saturated carbocycles. The van der Waals surface area contributed by atoms with Gasteiger partial charge in [0.15, 0.2) is 0 Å². The van der Waals surface area contributed by atoms with Crippen LogP contribution in [0.3, 0.4) is 0 Å². The third-order valence-corrected chi connectivity index (χ3v) is 2.94. The Kier molecular flexibility index (Phi) is 3.60. The van der Waals surface area contributed by atoms with Gasteiger partial charge in [0.25, 0.3) is 5.91 Å². The number of thiazole rings is 1. The van der Waals surface area contributed by atoms with Crippen molar-refractivity contribution < 1.29 is 9.90 Å². The van der Waals surface area contributed by atoms with Gasteiger partial charge in [-0.05, 0) is 17.7 Å². The fourth-order valence-electron chi connectivity index (χ4n) is 1.44. The maximum Gasteiger partial charge on any atom is 0.271 e. The van der Waals surface area contributed by atoms with E-state index in [4.69, 9.17) is 6.42 Å². The number of hydrogen-bond acceptors (Lipinski definition) is 4. The fraction of sp³-hybridized carbons (Fsp3) is 0.0769. The highest BCUT2D eigenvalue weighted by Gasteiger charge is 2.08. The molecule has 1 heterocycles. The molecule has 0 atom stereocenters. The monoisotopic (exact) mass is 258 g/mol. The van der Waals surface area contributed by atoms with Crippen LogP contribution >= 0.6 is 11.3 Å². The van der Waals surface area contributed by atoms with Gasteiger partial charge in [-0.3, -0.25) is 4.79 Å². The summed E-state index contributed by atoms with van der Waals surface area (Å²) in [5.41, 5.74) is 3.33. The number of hydrogen-bond donors (Lipinski definition) is 2. The average Bonchev–Trinajstić information content (AvgIpc) is 2.90. The molecule has 0 bridgehead atoms. The highest BCUT2D eigenvalue weighted by Crippen LogP contribution is 2.15. The molecule has 90 valence electrons. The van der Waals surface area contributed by atoms with E-state index in [0.717, 1.165) is 5.56 Å². The van der Waals surface area contributed by atoms with Crippen LogP contribution in [0.4, 0.5) is 0 Å². The second-order valence-electron chi connectivity index (χ2n) is 3.54. The second-order valence-corrected chi connectivity index (χ2v) is 4.26. The first-order chi connectivity index (χ1) is 8.70. The summed E-state index contributed by atoms with van der Waals surface area (Å²) in [6.45, 7) is 0.302. The Bertz CT molecular complexity index is 600. The number of rotatable bonds is 3. The van der Waals surface area contributed by atoms with Crippen LogP contribution in [0, 0.1) is 12.3 Å². The Morgan fingerprint density at radius 2 is 2.39 bits per heavy atom. The molecule has 0 saturated heterocycles. The number of carbonyl (C=O) groups is 1. The molecule has 2 rings (SSSR count). The van der Waals surface area contributed by atoms with Gasteiger partial charge in [-0.2, -0.15) is 0 Å². The highest BCUT2D eigenvalue weighted by atomic mass is 32.1. The third kappa shape index (κ3) is 2.67. The van der Waals surface area contributed by atoms with Gasteiger partial charge in [-0.1, -0.05) is 12.0 Å². The van der Waals surface area contributed by atoms with Gasteiger partial charge >= 0.3 is 0 Å². The number of terminal acetylenes is 1. The quantitative estimate of drug-likeness (QED) is 0.825. The Morgan fingerprint density at radius 3 is 3.06 bits per heavy atom. The molecule has 1 amide bonds. The maximum atomic E-state index is 11.7. The molecule has 4 nitrogen and oxygen atoms in total. The van der Waals surface area contributed by atoms with Crippen molar-refractivity contribution in [2.45, 2.75) is 6.54 Å². The molecule has 0 radical (unpaired) electrons. The topological polar surface area (TPSA) is 62.2 Å². The number of benzene rings is 1. The number of phenolic OH excluding ortho intramolecular Hbond substituents is 1. The van der Waals surface area contributed by atoms with Crippen LogP contribution in [0.2, 0.25) is 0 Å². The largest absolute Gasteiger partial charge is 0.508 e. The van der Waals surface area contributed by atoms with E-state index < -0.39 is 0 Å². The number of carbonyl (C=O) groups excluding carboxylic acids is 1. The Balaban J connectivity index is 2.07. The summed E-state index contributed by atoms with van der Waals surface area (Å²) in [6, 6.07) is 4.71. The normalized spacial score (nSPS) is 9.72. The van der Waals surface area contributed by atoms with Crippen molar-refractivity contribution in [3.05, 3.63) is 45.9 Å². The van der Waals surface area contributed by atoms with E-state index in [1.807, 2.05) is 0 Å². The lowest BCUT2D eigenvalue weighted by Crippen LogP contribution is -2.23. The van der Waals surface area contributed by atoms with Crippen molar-refractivity contribution in [2.24, 2.45) is 0 Å². The molecule has 1 aromatic carbocycles. The minimum absolute atomic E-state index is 0.109. The van der Waals surface area contributed by atoms with E-state index in [0.29, 0.717) is 17.8 Å². The van der Waals surface area contributed by atoms with Crippen LogP contribution < -0.4 is 5.32 Å². The summed E-state index contributed by atoms with van der Waals surface area (Å²) in [6.07, 6.45) is 5.34. The van der Waals surface area contributed by atoms with Gasteiger partial charge in [0.1, 0.15) is 11.4 Å². The van der Waals surface area contributed by atoms with Gasteiger partial charge in [0, 0.05) is 17.5 Å². The van der Waals surface area contributed by atoms with Crippen LogP contribution in [0.1, 0.15) is 21.6 Å². The van der Waals surface area contributed by atoms with Gasteiger partial charge in [-0.15, -0.1) is 17.8 Å². The molecule has 18 heavy (non-hydrogen) atoms. The van der Waals surface area contributed by atoms with Gasteiger partial charge < -0.3 is 10.4 Å². The summed E-state index contributed by atoms with van der Waals surface area (Å²) >= 11 is 1.36. The molecule has 0 aliphatic carbocycles. The number of nitrogens with one attached hydrogen (secondary N) is 1. The minimum Gasteiger partial charge on any atom is -0.508 e. The smallest absolute Gasteiger partial charge is 0.271 e. The van der Waals surface area contributed by atoms with Crippen molar-refractivity contribution >= 4 is 17.2 Å². The van der Waals surface area contributed by atoms with Crippen molar-refractivity contribution in [2.75, 3.05) is 0 Å². The summed E-state index contributed by atoms with van der Waals surface area (Å²) in [5.74, 6) is 2.34. The second kappa shape index (κ2) is 5.34. The first-order valence-electron chi connectivity index (χ1n) is 5.15. The number of nitrogens with zero attached hydrogens (tertiary/aromatic N) is 1. The average molecular weight is 258 g/mol. The summed E-state index contributed by atoms with van der Waals surface area (Å²) in [5, 5.41) is 13.7. The molecule has 0 spiro atoms. The van der Waals surface area contributed by atoms with Crippen LogP contribution in [-0.4, -0.2) is 16.0 Å². The first-order valence-corrected chi connectivity index (χ1v) is 6.10. The highest BCUT2D eigenvalue weighted by molar-refractivity contribution is 7.07. The SMILES string of the molecule is C#Cc1cc(O)ccc1CNC(=O)c1cscn1. The van der Waals surface area contributed by atoms with Crippen molar-refractivity contribution in [1.29, 1.82) is 0 Å². The standard InChI is InChI=1S/C13H10N2O2S/c1-2-9-5-11(16)4-3-10(9)6-14-13(17)12-7-18-8-15-12/h1,3-5,7-8,16H,6H2,(H,14,17). The van der Waals surface area contributed by atoms with E-state index in [-0.39, 0.29) is 11.7 Å². The number of aromatic hydroxyl groups is 1. The number of aromatic nitrogens is 1. The molecule has 1 aromatic heterocycles. The molecule has 0 unspecified atom stereocenters. The molecule has 2 N–H and O–H groups in total. The summed E-state index contributed by atoms with van der Waals surface area (Å²) in [7, 11) is 0. The predicted molar refractivity (Wildman–Crippen MR) is 69.3 cm³/mol. The van der Waals surface area contributed by atoms with Crippen molar-refractivity contribution in [3.63, 3.8) is 0 Å². The summed E-state index contributed by atoms with van der Waals surface area (Å²) in [4.78, 5) is 15.6. The van der Waals surface area contributed by atoms with E-state index in [1.165, 1.54) is 23.5 Å². The Hall–Kier alpha value is -2.32. The van der Waals surface area contributed by atoms with Crippen LogP contribution in [0.25, 0.3) is 0 Å². The Morgan fingerprint density at radius 1 is 1.56 bits per heavy atom. The van der Waals surface area contributed by atoms with Crippen LogP contribution in [-0.2, 0) is 6.54 Å². The molecule has 0 aliphatic rings. The fourth-order valence-corrected chi connectivity index (χ4v) is 1.98. The van der Waals surface area contributed by atoms with E-state index in [9.17, 15) is 9.90 Å². The van der Waals surface area contributed by atoms with Crippen molar-refractivity contribution in [1.82, 2.24) is 10.3 Å². The molecule has 5 heteroatoms. The van der Waals surface area contributed by atoms with Crippen LogP contribution in [0.15, 0.2) is 29.1 Å². The first kappa shape index (κ1) is 12.1. The van der Waals surface area contributed by atoms with E-state index >= 15 is 0 Å². The number of phenols is 1. The minimum atomic E-state index is -0.243. The zero-order valence-electron chi connectivity index (χ0n) is 9.38. The lowest BCUT2D eigenvalue weighted by atomic mass is 10.1. The Labute approximate surface area is 108 Å². The van der Waals surface area contributed by atoms with Crippen LogP contribution in [0.5, 0.6) is 5.75 Å². The van der Waals surface area contributed by atoms with Crippen molar-refractivity contribution in [3.8, 4) is 18.1 Å². The zero-order chi connectivity index (χ0) is 13.0. The third-order valence-electron chi connectivity index (χ3n) is 2.35. The van der Waals surface area contributed by atoms with Gasteiger partial charge in [0.05, 0.1) is 5.51 Å². The zero-order valence-corrected chi connectivity index (χ0v) is 10.2. The van der Waals surface area contributed by atoms with Gasteiger partial charge in [-0.25, -0.2) is 4.98 Å². The van der Waals surface area contributed by atoms with E-state index in [2.05, 4.69) is 16.2 Å². The lowest BCUT2D eigenvalue weighted by Gasteiger charge is -2.06. The molecular weight excluding hydrogens is 248 g/mol. The molecule has 2 aromatic rings. The van der Waals surface area contributed by atoms with E-state index in [1.54, 1.807) is 17.0 Å². The maximum absolute atomic E-state index is 11.7. The molecule has 0 fully saturated rings. The molecular formula is C13H10N2O2S. The molecule has 0 aliphatic heterocycles. The predicted octanol–water partition coefficient (Wildman–Crippen LogP) is 1.76. The van der Waals surface area contributed by atoms with Gasteiger partial charge in [0.2, 0.25) is 0 Å². The lowest BCUT2D eigenvalue weighted by molar-refractivity contribution is 0.0946.